The Bertz CT molecular complexity index is 478. The van der Waals surface area contributed by atoms with E-state index in [1.807, 2.05) is 13.8 Å². The molecule has 0 spiro atoms. The Morgan fingerprint density at radius 1 is 1.00 bits per heavy atom. The van der Waals surface area contributed by atoms with Gasteiger partial charge < -0.3 is 14.8 Å². The summed E-state index contributed by atoms with van der Waals surface area (Å²) in [6.45, 7) is 15.3. The maximum Gasteiger partial charge on any atom is 0.341 e. The minimum atomic E-state index is -1.44. The van der Waals surface area contributed by atoms with Gasteiger partial charge in [-0.1, -0.05) is 41.0 Å². The topological polar surface area (TPSA) is 81.7 Å². The Morgan fingerprint density at radius 2 is 1.56 bits per heavy atom. The zero-order valence-electron chi connectivity index (χ0n) is 17.0. The van der Waals surface area contributed by atoms with Crippen molar-refractivity contribution in [3.8, 4) is 0 Å². The van der Waals surface area contributed by atoms with Gasteiger partial charge in [0.15, 0.2) is 0 Å². The lowest BCUT2D eigenvalue weighted by Crippen LogP contribution is -2.55. The molecular formula is C19H35NO5. The number of rotatable bonds is 10. The third-order valence-electron chi connectivity index (χ3n) is 5.75. The van der Waals surface area contributed by atoms with Crippen molar-refractivity contribution in [3.63, 3.8) is 0 Å². The molecule has 146 valence electrons. The number of nitrogens with one attached hydrogen (secondary N) is 1. The largest absolute Gasteiger partial charge is 0.464 e. The molecule has 0 aliphatic rings. The molecule has 0 aromatic heterocycles. The summed E-state index contributed by atoms with van der Waals surface area (Å²) < 4.78 is 10.7. The number of hydrogen-bond donors (Lipinski definition) is 1. The molecule has 6 nitrogen and oxygen atoms in total. The quantitative estimate of drug-likeness (QED) is 0.479. The van der Waals surface area contributed by atoms with Crippen LogP contribution < -0.4 is 5.32 Å². The van der Waals surface area contributed by atoms with Crippen molar-refractivity contribution in [1.29, 1.82) is 0 Å². The molecule has 0 rings (SSSR count). The number of carbonyl (C=O) groups is 3. The Hall–Kier alpha value is -1.59. The Balaban J connectivity index is 5.65. The highest BCUT2D eigenvalue weighted by atomic mass is 16.6. The predicted octanol–water partition coefficient (Wildman–Crippen LogP) is 3.23. The van der Waals surface area contributed by atoms with E-state index in [-0.39, 0.29) is 12.0 Å². The van der Waals surface area contributed by atoms with Gasteiger partial charge in [-0.05, 0) is 32.6 Å². The van der Waals surface area contributed by atoms with Crippen LogP contribution in [-0.2, 0) is 23.9 Å². The molecule has 0 aliphatic heterocycles. The Labute approximate surface area is 152 Å². The summed E-state index contributed by atoms with van der Waals surface area (Å²) in [5, 5.41) is 2.34. The van der Waals surface area contributed by atoms with Gasteiger partial charge in [-0.25, -0.2) is 9.59 Å². The number of ether oxygens (including phenoxy) is 2. The van der Waals surface area contributed by atoms with Crippen LogP contribution >= 0.6 is 0 Å². The number of hydrogen-bond acceptors (Lipinski definition) is 5. The van der Waals surface area contributed by atoms with Crippen LogP contribution in [0, 0.1) is 11.3 Å². The molecule has 0 aromatic carbocycles. The van der Waals surface area contributed by atoms with Gasteiger partial charge in [-0.3, -0.25) is 4.79 Å². The smallest absolute Gasteiger partial charge is 0.341 e. The summed E-state index contributed by atoms with van der Waals surface area (Å²) in [7, 11) is 0. The van der Waals surface area contributed by atoms with Gasteiger partial charge in [0.25, 0.3) is 0 Å². The van der Waals surface area contributed by atoms with Crippen LogP contribution in [0.15, 0.2) is 0 Å². The van der Waals surface area contributed by atoms with Gasteiger partial charge in [-0.15, -0.1) is 0 Å². The highest BCUT2D eigenvalue weighted by Crippen LogP contribution is 2.47. The van der Waals surface area contributed by atoms with E-state index in [4.69, 9.17) is 9.47 Å². The van der Waals surface area contributed by atoms with Crippen molar-refractivity contribution in [3.05, 3.63) is 0 Å². The van der Waals surface area contributed by atoms with Crippen LogP contribution in [-0.4, -0.2) is 36.1 Å². The van der Waals surface area contributed by atoms with Gasteiger partial charge in [0, 0.05) is 12.3 Å². The van der Waals surface area contributed by atoms with Crippen LogP contribution in [0.5, 0.6) is 0 Å². The molecule has 1 amide bonds. The zero-order chi connectivity index (χ0) is 19.8. The summed E-state index contributed by atoms with van der Waals surface area (Å²) in [5.41, 5.74) is -1.03. The van der Waals surface area contributed by atoms with E-state index in [9.17, 15) is 14.4 Å². The van der Waals surface area contributed by atoms with Crippen LogP contribution in [0.4, 0.5) is 0 Å². The first kappa shape index (κ1) is 23.4. The highest BCUT2D eigenvalue weighted by molar-refractivity contribution is 6.02. The Kier molecular flexibility index (Phi) is 9.16. The van der Waals surface area contributed by atoms with Crippen molar-refractivity contribution in [2.24, 2.45) is 11.3 Å². The predicted molar refractivity (Wildman–Crippen MR) is 96.9 cm³/mol. The molecule has 4 atom stereocenters. The van der Waals surface area contributed by atoms with Crippen LogP contribution in [0.1, 0.15) is 74.7 Å². The van der Waals surface area contributed by atoms with E-state index in [0.29, 0.717) is 12.3 Å². The number of amides is 1. The van der Waals surface area contributed by atoms with Crippen molar-refractivity contribution in [2.75, 3.05) is 6.61 Å². The summed E-state index contributed by atoms with van der Waals surface area (Å²) in [6.07, 6.45) is 2.37. The third-order valence-corrected chi connectivity index (χ3v) is 5.75. The normalized spacial score (nSPS) is 18.2. The van der Waals surface area contributed by atoms with Crippen molar-refractivity contribution in [1.82, 2.24) is 5.32 Å². The van der Waals surface area contributed by atoms with E-state index in [1.165, 1.54) is 6.92 Å². The second-order valence-corrected chi connectivity index (χ2v) is 6.97. The van der Waals surface area contributed by atoms with E-state index in [2.05, 4.69) is 33.0 Å². The minimum absolute atomic E-state index is 0.118. The number of carbonyl (C=O) groups excluding carboxylic acids is 3. The fourth-order valence-corrected chi connectivity index (χ4v) is 3.21. The summed E-state index contributed by atoms with van der Waals surface area (Å²) in [4.78, 5) is 36.2. The van der Waals surface area contributed by atoms with Gasteiger partial charge in [-0.2, -0.15) is 0 Å². The molecule has 0 saturated heterocycles. The summed E-state index contributed by atoms with van der Waals surface area (Å²) in [5.74, 6) is -1.76. The average molecular weight is 357 g/mol. The fourth-order valence-electron chi connectivity index (χ4n) is 3.21. The first-order valence-corrected chi connectivity index (χ1v) is 9.19. The van der Waals surface area contributed by atoms with Crippen molar-refractivity contribution in [2.45, 2.75) is 86.3 Å². The monoisotopic (exact) mass is 357 g/mol. The van der Waals surface area contributed by atoms with Gasteiger partial charge in [0.2, 0.25) is 11.9 Å². The van der Waals surface area contributed by atoms with E-state index < -0.39 is 29.5 Å². The molecule has 0 aromatic rings. The van der Waals surface area contributed by atoms with Gasteiger partial charge in [0.05, 0.1) is 6.61 Å². The van der Waals surface area contributed by atoms with Gasteiger partial charge >= 0.3 is 11.9 Å². The molecule has 0 radical (unpaired) electrons. The third kappa shape index (κ3) is 5.44. The second kappa shape index (κ2) is 9.78. The lowest BCUT2D eigenvalue weighted by Gasteiger charge is -2.49. The first-order chi connectivity index (χ1) is 11.5. The molecule has 0 heterocycles. The minimum Gasteiger partial charge on any atom is -0.464 e. The molecule has 1 N–H and O–H groups in total. The summed E-state index contributed by atoms with van der Waals surface area (Å²) in [6, 6.07) is -1.44. The molecule has 0 bridgehead atoms. The molecule has 25 heavy (non-hydrogen) atoms. The van der Waals surface area contributed by atoms with Crippen LogP contribution in [0.2, 0.25) is 0 Å². The molecule has 0 saturated carbocycles. The van der Waals surface area contributed by atoms with Crippen molar-refractivity contribution >= 4 is 17.8 Å². The lowest BCUT2D eigenvalue weighted by molar-refractivity contribution is -0.186. The molecule has 4 unspecified atom stereocenters. The van der Waals surface area contributed by atoms with Crippen LogP contribution in [0.3, 0.4) is 0 Å². The molecule has 0 aliphatic carbocycles. The molecular weight excluding hydrogens is 322 g/mol. The first-order valence-electron chi connectivity index (χ1n) is 9.19. The van der Waals surface area contributed by atoms with E-state index >= 15 is 0 Å². The maximum absolute atomic E-state index is 12.7. The highest BCUT2D eigenvalue weighted by Gasteiger charge is 2.49. The fraction of sp³-hybridized carbons (Fsp3) is 0.842. The van der Waals surface area contributed by atoms with Crippen molar-refractivity contribution < 1.29 is 23.9 Å². The SMILES string of the molecule is CCOC(=O)C(NC(C)=O)C(=O)OC(C)(CC)C(C)(CC)C(C)CC. The van der Waals surface area contributed by atoms with Gasteiger partial charge in [0.1, 0.15) is 5.60 Å². The lowest BCUT2D eigenvalue weighted by atomic mass is 9.62. The molecule has 6 heteroatoms. The van der Waals surface area contributed by atoms with Crippen LogP contribution in [0.25, 0.3) is 0 Å². The standard InChI is InChI=1S/C19H35NO5/c1-9-13(5)18(7,10-2)19(8,11-3)25-17(23)15(20-14(6)21)16(22)24-12-4/h13,15H,9-12H2,1-8H3,(H,20,21). The average Bonchev–Trinajstić information content (AvgIpc) is 2.57. The zero-order valence-corrected chi connectivity index (χ0v) is 17.0. The molecule has 0 fully saturated rings. The second-order valence-electron chi connectivity index (χ2n) is 6.97. The van der Waals surface area contributed by atoms with E-state index in [1.54, 1.807) is 6.92 Å². The van der Waals surface area contributed by atoms with E-state index in [0.717, 1.165) is 12.8 Å². The number of esters is 2. The summed E-state index contributed by atoms with van der Waals surface area (Å²) >= 11 is 0. The maximum atomic E-state index is 12.7. The Morgan fingerprint density at radius 3 is 1.92 bits per heavy atom.